The molecule has 0 saturated heterocycles. The largest absolute Gasteiger partial charge is 0.320 e. The van der Waals surface area contributed by atoms with Crippen molar-refractivity contribution in [1.29, 1.82) is 0 Å². The summed E-state index contributed by atoms with van der Waals surface area (Å²) in [4.78, 5) is 15.8. The summed E-state index contributed by atoms with van der Waals surface area (Å²) in [6.07, 6.45) is 1.39. The lowest BCUT2D eigenvalue weighted by atomic mass is 10.2. The van der Waals surface area contributed by atoms with Crippen molar-refractivity contribution < 1.29 is 9.18 Å². The average molecular weight is 408 g/mol. The third-order valence-corrected chi connectivity index (χ3v) is 3.86. The smallest absolute Gasteiger partial charge is 0.258 e. The number of nitrogens with one attached hydrogen (secondary N) is 1. The van der Waals surface area contributed by atoms with E-state index in [0.29, 0.717) is 14.6 Å². The Labute approximate surface area is 130 Å². The number of hydrogen-bond donors (Lipinski definition) is 1. The quantitative estimate of drug-likeness (QED) is 0.735. The number of aromatic nitrogens is 1. The summed E-state index contributed by atoms with van der Waals surface area (Å²) in [5.74, 6) is -1.16. The molecule has 0 aliphatic rings. The van der Waals surface area contributed by atoms with Crippen LogP contribution in [0.5, 0.6) is 0 Å². The van der Waals surface area contributed by atoms with E-state index in [0.717, 1.165) is 0 Å². The molecule has 1 aromatic carbocycles. The van der Waals surface area contributed by atoms with Crippen LogP contribution in [0.1, 0.15) is 10.4 Å². The summed E-state index contributed by atoms with van der Waals surface area (Å²) in [6.45, 7) is 0. The number of anilines is 1. The maximum Gasteiger partial charge on any atom is 0.258 e. The molecule has 2 rings (SSSR count). The summed E-state index contributed by atoms with van der Waals surface area (Å²) in [5.41, 5.74) is 0.373. The fraction of sp³-hybridized carbons (Fsp3) is 0. The van der Waals surface area contributed by atoms with Crippen LogP contribution in [0.25, 0.3) is 0 Å². The Balaban J connectivity index is 2.23. The molecule has 1 heterocycles. The highest BCUT2D eigenvalue weighted by Crippen LogP contribution is 2.23. The van der Waals surface area contributed by atoms with E-state index in [1.165, 1.54) is 18.3 Å². The third-order valence-electron chi connectivity index (χ3n) is 2.23. The van der Waals surface area contributed by atoms with Crippen molar-refractivity contribution in [3.05, 3.63) is 55.9 Å². The minimum absolute atomic E-state index is 0.0470. The predicted molar refractivity (Wildman–Crippen MR) is 79.0 cm³/mol. The van der Waals surface area contributed by atoms with Gasteiger partial charge in [0.15, 0.2) is 0 Å². The van der Waals surface area contributed by atoms with E-state index in [1.807, 2.05) is 0 Å². The lowest BCUT2D eigenvalue weighted by Crippen LogP contribution is -2.13. The Morgan fingerprint density at radius 2 is 2.05 bits per heavy atom. The van der Waals surface area contributed by atoms with Gasteiger partial charge in [0.25, 0.3) is 5.91 Å². The summed E-state index contributed by atoms with van der Waals surface area (Å²) < 4.78 is 14.7. The van der Waals surface area contributed by atoms with Gasteiger partial charge in [0.05, 0.1) is 21.9 Å². The molecule has 0 fully saturated rings. The van der Waals surface area contributed by atoms with E-state index < -0.39 is 11.7 Å². The van der Waals surface area contributed by atoms with Crippen molar-refractivity contribution in [3.8, 4) is 0 Å². The summed E-state index contributed by atoms with van der Waals surface area (Å²) in [6, 6.07) is 5.80. The Morgan fingerprint density at radius 3 is 2.68 bits per heavy atom. The molecule has 0 saturated carbocycles. The van der Waals surface area contributed by atoms with E-state index in [4.69, 9.17) is 11.6 Å². The van der Waals surface area contributed by atoms with Crippen LogP contribution in [0.4, 0.5) is 10.1 Å². The monoisotopic (exact) mass is 406 g/mol. The van der Waals surface area contributed by atoms with Crippen molar-refractivity contribution >= 4 is 55.1 Å². The first-order valence-corrected chi connectivity index (χ1v) is 7.01. The highest BCUT2D eigenvalue weighted by molar-refractivity contribution is 9.10. The van der Waals surface area contributed by atoms with Crippen LogP contribution < -0.4 is 5.32 Å². The van der Waals surface area contributed by atoms with Gasteiger partial charge in [0.1, 0.15) is 11.0 Å². The molecule has 0 unspecified atom stereocenters. The number of pyridine rings is 1. The van der Waals surface area contributed by atoms with Crippen LogP contribution in [0, 0.1) is 5.82 Å². The molecule has 0 aliphatic heterocycles. The molecule has 0 aliphatic carbocycles. The van der Waals surface area contributed by atoms with Crippen molar-refractivity contribution in [3.63, 3.8) is 0 Å². The van der Waals surface area contributed by atoms with Gasteiger partial charge in [-0.25, -0.2) is 9.37 Å². The second kappa shape index (κ2) is 5.98. The Hall–Kier alpha value is -0.980. The maximum atomic E-state index is 13.6. The molecule has 3 nitrogen and oxygen atoms in total. The molecule has 0 bridgehead atoms. The first-order valence-electron chi connectivity index (χ1n) is 5.05. The van der Waals surface area contributed by atoms with Crippen LogP contribution in [-0.4, -0.2) is 10.9 Å². The van der Waals surface area contributed by atoms with Crippen molar-refractivity contribution in [1.82, 2.24) is 4.98 Å². The SMILES string of the molecule is O=C(Nc1cnc(Cl)c(Br)c1)c1ccc(Br)cc1F. The molecule has 7 heteroatoms. The highest BCUT2D eigenvalue weighted by Gasteiger charge is 2.12. The summed E-state index contributed by atoms with van der Waals surface area (Å²) in [7, 11) is 0. The second-order valence-electron chi connectivity index (χ2n) is 3.57. The first-order chi connectivity index (χ1) is 8.97. The van der Waals surface area contributed by atoms with Crippen LogP contribution in [0.15, 0.2) is 39.4 Å². The van der Waals surface area contributed by atoms with Gasteiger partial charge in [-0.1, -0.05) is 27.5 Å². The van der Waals surface area contributed by atoms with Crippen molar-refractivity contribution in [2.45, 2.75) is 0 Å². The standard InChI is InChI=1S/C12H6Br2ClFN2O/c13-6-1-2-8(10(16)3-6)12(19)18-7-4-9(14)11(15)17-5-7/h1-5H,(H,18,19). The zero-order valence-corrected chi connectivity index (χ0v) is 13.2. The van der Waals surface area contributed by atoms with Gasteiger partial charge in [0, 0.05) is 4.47 Å². The molecule has 19 heavy (non-hydrogen) atoms. The van der Waals surface area contributed by atoms with Crippen molar-refractivity contribution in [2.75, 3.05) is 5.32 Å². The van der Waals surface area contributed by atoms with Crippen LogP contribution in [0.2, 0.25) is 5.15 Å². The number of carbonyl (C=O) groups is 1. The molecule has 0 spiro atoms. The van der Waals surface area contributed by atoms with Crippen LogP contribution >= 0.6 is 43.5 Å². The van der Waals surface area contributed by atoms with E-state index in [-0.39, 0.29) is 10.7 Å². The van der Waals surface area contributed by atoms with E-state index in [9.17, 15) is 9.18 Å². The lowest BCUT2D eigenvalue weighted by molar-refractivity contribution is 0.102. The Bertz CT molecular complexity index is 652. The molecule has 1 amide bonds. The van der Waals surface area contributed by atoms with Crippen LogP contribution in [0.3, 0.4) is 0 Å². The second-order valence-corrected chi connectivity index (χ2v) is 5.70. The molecule has 0 atom stereocenters. The van der Waals surface area contributed by atoms with E-state index >= 15 is 0 Å². The minimum atomic E-state index is -0.604. The number of hydrogen-bond acceptors (Lipinski definition) is 2. The van der Waals surface area contributed by atoms with Gasteiger partial charge in [-0.05, 0) is 40.2 Å². The van der Waals surface area contributed by atoms with E-state index in [2.05, 4.69) is 42.2 Å². The number of rotatable bonds is 2. The number of halogens is 4. The van der Waals surface area contributed by atoms with Gasteiger partial charge in [-0.2, -0.15) is 0 Å². The number of benzene rings is 1. The molecule has 1 aromatic heterocycles. The zero-order chi connectivity index (χ0) is 14.0. The van der Waals surface area contributed by atoms with Gasteiger partial charge >= 0.3 is 0 Å². The Morgan fingerprint density at radius 1 is 1.32 bits per heavy atom. The first kappa shape index (κ1) is 14.4. The summed E-state index contributed by atoms with van der Waals surface area (Å²) in [5, 5.41) is 2.83. The van der Waals surface area contributed by atoms with Gasteiger partial charge in [-0.15, -0.1) is 0 Å². The van der Waals surface area contributed by atoms with Crippen LogP contribution in [-0.2, 0) is 0 Å². The normalized spacial score (nSPS) is 10.3. The predicted octanol–water partition coefficient (Wildman–Crippen LogP) is 4.65. The highest BCUT2D eigenvalue weighted by atomic mass is 79.9. The topological polar surface area (TPSA) is 42.0 Å². The molecule has 2 aromatic rings. The Kier molecular flexibility index (Phi) is 4.54. The molecule has 98 valence electrons. The minimum Gasteiger partial charge on any atom is -0.320 e. The fourth-order valence-electron chi connectivity index (χ4n) is 1.36. The van der Waals surface area contributed by atoms with E-state index in [1.54, 1.807) is 12.1 Å². The number of nitrogens with zero attached hydrogens (tertiary/aromatic N) is 1. The van der Waals surface area contributed by atoms with Gasteiger partial charge < -0.3 is 5.32 Å². The maximum absolute atomic E-state index is 13.6. The third kappa shape index (κ3) is 3.52. The zero-order valence-electron chi connectivity index (χ0n) is 9.25. The molecular formula is C12H6Br2ClFN2O. The fourth-order valence-corrected chi connectivity index (χ4v) is 2.15. The molecule has 0 radical (unpaired) electrons. The lowest BCUT2D eigenvalue weighted by Gasteiger charge is -2.07. The number of carbonyl (C=O) groups excluding carboxylic acids is 1. The number of amides is 1. The average Bonchev–Trinajstić information content (AvgIpc) is 2.33. The van der Waals surface area contributed by atoms with Gasteiger partial charge in [0.2, 0.25) is 0 Å². The molecular weight excluding hydrogens is 402 g/mol. The summed E-state index contributed by atoms with van der Waals surface area (Å²) >= 11 is 12.1. The van der Waals surface area contributed by atoms with Crippen molar-refractivity contribution in [2.24, 2.45) is 0 Å². The van der Waals surface area contributed by atoms with Gasteiger partial charge in [-0.3, -0.25) is 4.79 Å². The molecule has 1 N–H and O–H groups in total.